The highest BCUT2D eigenvalue weighted by Gasteiger charge is 2.33. The van der Waals surface area contributed by atoms with Gasteiger partial charge in [0.2, 0.25) is 5.91 Å². The van der Waals surface area contributed by atoms with Crippen molar-refractivity contribution < 1.29 is 14.0 Å². The van der Waals surface area contributed by atoms with Crippen molar-refractivity contribution in [3.63, 3.8) is 0 Å². The Kier molecular flexibility index (Phi) is 4.68. The number of aryl methyl sites for hydroxylation is 1. The van der Waals surface area contributed by atoms with Gasteiger partial charge in [-0.15, -0.1) is 11.3 Å². The van der Waals surface area contributed by atoms with Crippen molar-refractivity contribution in [2.75, 3.05) is 10.6 Å². The molecule has 2 aromatic carbocycles. The first kappa shape index (κ1) is 17.4. The maximum absolute atomic E-state index is 13.0. The molecule has 0 bridgehead atoms. The molecule has 0 radical (unpaired) electrons. The molecule has 3 aromatic rings. The summed E-state index contributed by atoms with van der Waals surface area (Å²) in [5.41, 5.74) is 1.81. The topological polar surface area (TPSA) is 71.1 Å². The molecular weight excluding hydrogens is 365 g/mol. The summed E-state index contributed by atoms with van der Waals surface area (Å²) < 4.78 is 13.0. The lowest BCUT2D eigenvalue weighted by Crippen LogP contribution is -2.20. The van der Waals surface area contributed by atoms with Crippen LogP contribution in [0.5, 0.6) is 0 Å². The van der Waals surface area contributed by atoms with Crippen LogP contribution in [0.3, 0.4) is 0 Å². The van der Waals surface area contributed by atoms with Gasteiger partial charge in [-0.25, -0.2) is 9.37 Å². The van der Waals surface area contributed by atoms with E-state index in [1.807, 2.05) is 6.07 Å². The number of hydrogen-bond acceptors (Lipinski definition) is 4. The predicted molar refractivity (Wildman–Crippen MR) is 103 cm³/mol. The number of carbonyl (C=O) groups excluding carboxylic acids is 2. The van der Waals surface area contributed by atoms with Crippen molar-refractivity contribution in [1.29, 1.82) is 0 Å². The van der Waals surface area contributed by atoms with Crippen LogP contribution in [0.25, 0.3) is 0 Å². The number of anilines is 2. The summed E-state index contributed by atoms with van der Waals surface area (Å²) in [5.74, 6) is -1.12. The van der Waals surface area contributed by atoms with E-state index in [-0.39, 0.29) is 23.5 Å². The van der Waals surface area contributed by atoms with Crippen molar-refractivity contribution >= 4 is 34.0 Å². The van der Waals surface area contributed by atoms with Crippen LogP contribution in [0, 0.1) is 5.82 Å². The summed E-state index contributed by atoms with van der Waals surface area (Å²) in [6.07, 6.45) is 1.42. The molecule has 2 amide bonds. The minimum Gasteiger partial charge on any atom is -0.326 e. The fourth-order valence-electron chi connectivity index (χ4n) is 3.06. The van der Waals surface area contributed by atoms with E-state index >= 15 is 0 Å². The first-order chi connectivity index (χ1) is 13.1. The highest BCUT2D eigenvalue weighted by atomic mass is 32.1. The zero-order valence-electron chi connectivity index (χ0n) is 14.2. The zero-order valence-corrected chi connectivity index (χ0v) is 15.1. The van der Waals surface area contributed by atoms with Crippen molar-refractivity contribution in [2.24, 2.45) is 0 Å². The van der Waals surface area contributed by atoms with Gasteiger partial charge in [-0.05, 0) is 49.2 Å². The van der Waals surface area contributed by atoms with Crippen LogP contribution in [-0.4, -0.2) is 16.8 Å². The molecule has 1 heterocycles. The van der Waals surface area contributed by atoms with Gasteiger partial charge in [-0.3, -0.25) is 14.9 Å². The number of nitrogens with zero attached hydrogens (tertiary/aromatic N) is 1. The van der Waals surface area contributed by atoms with Gasteiger partial charge >= 0.3 is 0 Å². The minimum atomic E-state index is -0.372. The van der Waals surface area contributed by atoms with Crippen LogP contribution in [0.1, 0.15) is 33.3 Å². The van der Waals surface area contributed by atoms with E-state index in [2.05, 4.69) is 15.6 Å². The summed E-state index contributed by atoms with van der Waals surface area (Å²) in [5, 5.41) is 6.09. The molecule has 0 aliphatic heterocycles. The molecule has 0 saturated carbocycles. The predicted octanol–water partition coefficient (Wildman–Crippen LogP) is 4.20. The van der Waals surface area contributed by atoms with Gasteiger partial charge < -0.3 is 5.32 Å². The summed E-state index contributed by atoms with van der Waals surface area (Å²) in [4.78, 5) is 30.4. The molecule has 7 heteroatoms. The number of nitrogens with one attached hydrogen (secondary N) is 2. The quantitative estimate of drug-likeness (QED) is 0.711. The van der Waals surface area contributed by atoms with Gasteiger partial charge in [0.05, 0.1) is 11.6 Å². The van der Waals surface area contributed by atoms with E-state index in [1.165, 1.54) is 35.6 Å². The molecule has 1 unspecified atom stereocenters. The van der Waals surface area contributed by atoms with Crippen LogP contribution in [0.2, 0.25) is 0 Å². The lowest BCUT2D eigenvalue weighted by molar-refractivity contribution is -0.117. The second-order valence-corrected chi connectivity index (χ2v) is 7.32. The number of rotatable bonds is 4. The fraction of sp³-hybridized carbons (Fsp3) is 0.150. The molecule has 5 nitrogen and oxygen atoms in total. The van der Waals surface area contributed by atoms with Gasteiger partial charge in [-0.1, -0.05) is 18.2 Å². The number of fused-ring (bicyclic) bond motifs is 1. The number of amides is 2. The van der Waals surface area contributed by atoms with Crippen molar-refractivity contribution in [3.05, 3.63) is 76.5 Å². The van der Waals surface area contributed by atoms with Crippen LogP contribution in [0.4, 0.5) is 15.2 Å². The summed E-state index contributed by atoms with van der Waals surface area (Å²) in [6.45, 7) is 0. The normalized spacial score (nSPS) is 15.2. The van der Waals surface area contributed by atoms with Crippen LogP contribution < -0.4 is 10.6 Å². The molecule has 1 aliphatic carbocycles. The Hall–Kier alpha value is -3.06. The van der Waals surface area contributed by atoms with Gasteiger partial charge in [-0.2, -0.15) is 0 Å². The maximum atomic E-state index is 13.0. The standard InChI is InChI=1S/C20H16FN3O2S/c21-13-6-8-14(9-7-13)22-19(26)15-10-11-16-17(15)23-20(27-16)24-18(25)12-4-2-1-3-5-12/h1-9,15H,10-11H2,(H,22,26)(H,23,24,25). The van der Waals surface area contributed by atoms with Gasteiger partial charge in [0.25, 0.3) is 5.91 Å². The second-order valence-electron chi connectivity index (χ2n) is 6.23. The zero-order chi connectivity index (χ0) is 18.8. The van der Waals surface area contributed by atoms with Crippen LogP contribution >= 0.6 is 11.3 Å². The number of hydrogen-bond donors (Lipinski definition) is 2. The van der Waals surface area contributed by atoms with Gasteiger partial charge in [0, 0.05) is 16.1 Å². The van der Waals surface area contributed by atoms with E-state index in [9.17, 15) is 14.0 Å². The molecule has 2 N–H and O–H groups in total. The Balaban J connectivity index is 1.46. The van der Waals surface area contributed by atoms with Gasteiger partial charge in [0.15, 0.2) is 5.13 Å². The third-order valence-electron chi connectivity index (χ3n) is 4.40. The third kappa shape index (κ3) is 3.73. The van der Waals surface area contributed by atoms with Crippen molar-refractivity contribution in [1.82, 2.24) is 4.98 Å². The highest BCUT2D eigenvalue weighted by Crippen LogP contribution is 2.39. The molecule has 0 saturated heterocycles. The lowest BCUT2D eigenvalue weighted by Gasteiger charge is -2.10. The molecule has 0 fully saturated rings. The molecule has 136 valence electrons. The summed E-state index contributed by atoms with van der Waals surface area (Å²) >= 11 is 1.40. The van der Waals surface area contributed by atoms with E-state index in [4.69, 9.17) is 0 Å². The average molecular weight is 381 g/mol. The first-order valence-corrected chi connectivity index (χ1v) is 9.34. The van der Waals surface area contributed by atoms with E-state index in [0.29, 0.717) is 28.5 Å². The third-order valence-corrected chi connectivity index (χ3v) is 5.45. The number of aromatic nitrogens is 1. The Labute approximate surface area is 159 Å². The number of thiazole rings is 1. The summed E-state index contributed by atoms with van der Waals surface area (Å²) in [6, 6.07) is 14.6. The Morgan fingerprint density at radius 3 is 2.52 bits per heavy atom. The first-order valence-electron chi connectivity index (χ1n) is 8.52. The Morgan fingerprint density at radius 2 is 1.78 bits per heavy atom. The lowest BCUT2D eigenvalue weighted by atomic mass is 10.1. The summed E-state index contributed by atoms with van der Waals surface area (Å²) in [7, 11) is 0. The Bertz CT molecular complexity index is 986. The molecule has 1 aromatic heterocycles. The maximum Gasteiger partial charge on any atom is 0.257 e. The molecule has 1 atom stereocenters. The Morgan fingerprint density at radius 1 is 1.04 bits per heavy atom. The SMILES string of the molecule is O=C(Nc1nc2c(s1)CCC2C(=O)Nc1ccc(F)cc1)c1ccccc1. The smallest absolute Gasteiger partial charge is 0.257 e. The number of carbonyl (C=O) groups is 2. The van der Waals surface area contributed by atoms with E-state index < -0.39 is 0 Å². The van der Waals surface area contributed by atoms with Crippen molar-refractivity contribution in [2.45, 2.75) is 18.8 Å². The highest BCUT2D eigenvalue weighted by molar-refractivity contribution is 7.16. The second kappa shape index (κ2) is 7.28. The van der Waals surface area contributed by atoms with E-state index in [0.717, 1.165) is 11.3 Å². The molecule has 0 spiro atoms. The number of halogens is 1. The monoisotopic (exact) mass is 381 g/mol. The van der Waals surface area contributed by atoms with Crippen molar-refractivity contribution in [3.8, 4) is 0 Å². The molecule has 4 rings (SSSR count). The van der Waals surface area contributed by atoms with E-state index in [1.54, 1.807) is 24.3 Å². The fourth-order valence-corrected chi connectivity index (χ4v) is 4.09. The van der Waals surface area contributed by atoms with Crippen LogP contribution in [-0.2, 0) is 11.2 Å². The largest absolute Gasteiger partial charge is 0.326 e. The molecular formula is C20H16FN3O2S. The molecule has 1 aliphatic rings. The van der Waals surface area contributed by atoms with Crippen LogP contribution in [0.15, 0.2) is 54.6 Å². The number of benzene rings is 2. The minimum absolute atomic E-state index is 0.174. The average Bonchev–Trinajstić information content (AvgIpc) is 3.24. The van der Waals surface area contributed by atoms with Gasteiger partial charge in [0.1, 0.15) is 5.82 Å². The molecule has 27 heavy (non-hydrogen) atoms.